The highest BCUT2D eigenvalue weighted by atomic mass is 79.9. The average Bonchev–Trinajstić information content (AvgIpc) is 3.49. The number of hydrogen-bond acceptors (Lipinski definition) is 4. The van der Waals surface area contributed by atoms with E-state index in [1.165, 1.54) is 18.2 Å². The van der Waals surface area contributed by atoms with Gasteiger partial charge >= 0.3 is 5.97 Å². The fraction of sp³-hybridized carbons (Fsp3) is 0.300. The van der Waals surface area contributed by atoms with E-state index < -0.39 is 11.8 Å². The molecule has 0 heterocycles. The third-order valence-electron chi connectivity index (χ3n) is 4.30. The summed E-state index contributed by atoms with van der Waals surface area (Å²) < 4.78 is 23.7. The minimum Gasteiger partial charge on any atom is -0.497 e. The van der Waals surface area contributed by atoms with E-state index >= 15 is 0 Å². The first-order valence-electron chi connectivity index (χ1n) is 8.52. The van der Waals surface area contributed by atoms with Crippen molar-refractivity contribution in [3.05, 3.63) is 63.9 Å². The molecular formula is C20H19BrFNO4. The summed E-state index contributed by atoms with van der Waals surface area (Å²) in [6.07, 6.45) is 1.89. The Kier molecular flexibility index (Phi) is 6.11. The second kappa shape index (κ2) is 8.52. The van der Waals surface area contributed by atoms with Gasteiger partial charge in [-0.1, -0.05) is 12.1 Å². The van der Waals surface area contributed by atoms with Crippen LogP contribution in [0.2, 0.25) is 0 Å². The Morgan fingerprint density at radius 2 is 1.89 bits per heavy atom. The first kappa shape index (κ1) is 19.4. The van der Waals surface area contributed by atoms with E-state index in [1.807, 2.05) is 24.3 Å². The summed E-state index contributed by atoms with van der Waals surface area (Å²) in [4.78, 5) is 26.5. The first-order valence-corrected chi connectivity index (χ1v) is 9.32. The van der Waals surface area contributed by atoms with Gasteiger partial charge in [0.25, 0.3) is 5.91 Å². The standard InChI is InChI=1S/C20H19BrFNO4/c1-26-16-7-2-13(3-8-16)11-23(15-5-6-15)19(24)12-27-20(25)17-9-4-14(22)10-18(17)21/h2-4,7-10,15H,5-6,11-12H2,1H3. The maximum atomic E-state index is 13.1. The van der Waals surface area contributed by atoms with Gasteiger partial charge in [-0.2, -0.15) is 0 Å². The molecule has 142 valence electrons. The number of halogens is 2. The smallest absolute Gasteiger partial charge is 0.339 e. The van der Waals surface area contributed by atoms with Crippen LogP contribution in [0.15, 0.2) is 46.9 Å². The number of carbonyl (C=O) groups excluding carboxylic acids is 2. The van der Waals surface area contributed by atoms with Crippen LogP contribution in [0.3, 0.4) is 0 Å². The molecule has 1 aliphatic rings. The Balaban J connectivity index is 1.60. The summed E-state index contributed by atoms with van der Waals surface area (Å²) in [6, 6.07) is 11.3. The Morgan fingerprint density at radius 1 is 1.19 bits per heavy atom. The van der Waals surface area contributed by atoms with Crippen molar-refractivity contribution in [2.45, 2.75) is 25.4 Å². The van der Waals surface area contributed by atoms with E-state index in [4.69, 9.17) is 9.47 Å². The monoisotopic (exact) mass is 435 g/mol. The molecule has 0 atom stereocenters. The van der Waals surface area contributed by atoms with Crippen LogP contribution in [0, 0.1) is 5.82 Å². The molecule has 27 heavy (non-hydrogen) atoms. The lowest BCUT2D eigenvalue weighted by Gasteiger charge is -2.22. The maximum Gasteiger partial charge on any atom is 0.339 e. The lowest BCUT2D eigenvalue weighted by molar-refractivity contribution is -0.135. The number of amides is 1. The molecule has 1 amide bonds. The van der Waals surface area contributed by atoms with Gasteiger partial charge in [-0.05, 0) is 64.7 Å². The van der Waals surface area contributed by atoms with Crippen LogP contribution in [0.1, 0.15) is 28.8 Å². The highest BCUT2D eigenvalue weighted by Gasteiger charge is 2.33. The molecule has 0 unspecified atom stereocenters. The van der Waals surface area contributed by atoms with Gasteiger partial charge in [0, 0.05) is 17.1 Å². The molecule has 1 saturated carbocycles. The zero-order valence-electron chi connectivity index (χ0n) is 14.8. The molecule has 0 spiro atoms. The van der Waals surface area contributed by atoms with Gasteiger partial charge in [-0.25, -0.2) is 9.18 Å². The third kappa shape index (κ3) is 5.07. The van der Waals surface area contributed by atoms with Gasteiger partial charge in [0.1, 0.15) is 11.6 Å². The topological polar surface area (TPSA) is 55.8 Å². The molecule has 3 rings (SSSR count). The number of rotatable bonds is 7. The maximum absolute atomic E-state index is 13.1. The Morgan fingerprint density at radius 3 is 2.48 bits per heavy atom. The summed E-state index contributed by atoms with van der Waals surface area (Å²) >= 11 is 3.13. The second-order valence-corrected chi connectivity index (χ2v) is 7.16. The largest absolute Gasteiger partial charge is 0.497 e. The molecule has 0 aliphatic heterocycles. The Hall–Kier alpha value is -2.41. The number of methoxy groups -OCH3 is 1. The van der Waals surface area contributed by atoms with Crippen molar-refractivity contribution in [1.82, 2.24) is 4.90 Å². The zero-order chi connectivity index (χ0) is 19.4. The molecular weight excluding hydrogens is 417 g/mol. The molecule has 2 aromatic carbocycles. The fourth-order valence-corrected chi connectivity index (χ4v) is 3.19. The Bertz CT molecular complexity index is 836. The summed E-state index contributed by atoms with van der Waals surface area (Å²) in [5.74, 6) is -0.633. The van der Waals surface area contributed by atoms with E-state index in [-0.39, 0.29) is 28.6 Å². The van der Waals surface area contributed by atoms with Crippen molar-refractivity contribution in [3.8, 4) is 5.75 Å². The minimum atomic E-state index is -0.671. The van der Waals surface area contributed by atoms with Crippen molar-refractivity contribution in [3.63, 3.8) is 0 Å². The van der Waals surface area contributed by atoms with Gasteiger partial charge in [0.15, 0.2) is 6.61 Å². The lowest BCUT2D eigenvalue weighted by atomic mass is 10.2. The van der Waals surface area contributed by atoms with E-state index in [9.17, 15) is 14.0 Å². The molecule has 0 radical (unpaired) electrons. The molecule has 0 saturated heterocycles. The predicted molar refractivity (Wildman–Crippen MR) is 101 cm³/mol. The van der Waals surface area contributed by atoms with Crippen LogP contribution in [0.4, 0.5) is 4.39 Å². The molecule has 5 nitrogen and oxygen atoms in total. The van der Waals surface area contributed by atoms with E-state index in [0.717, 1.165) is 24.2 Å². The lowest BCUT2D eigenvalue weighted by Crippen LogP contribution is -2.36. The minimum absolute atomic E-state index is 0.177. The van der Waals surface area contributed by atoms with Crippen molar-refractivity contribution in [1.29, 1.82) is 0 Å². The molecule has 0 bridgehead atoms. The zero-order valence-corrected chi connectivity index (χ0v) is 16.4. The molecule has 2 aromatic rings. The highest BCUT2D eigenvalue weighted by molar-refractivity contribution is 9.10. The molecule has 0 N–H and O–H groups in total. The number of hydrogen-bond donors (Lipinski definition) is 0. The predicted octanol–water partition coefficient (Wildman–Crippen LogP) is 3.94. The summed E-state index contributed by atoms with van der Waals surface area (Å²) in [5, 5.41) is 0. The second-order valence-electron chi connectivity index (χ2n) is 6.30. The summed E-state index contributed by atoms with van der Waals surface area (Å²) in [6.45, 7) is 0.0978. The Labute approximate surface area is 165 Å². The van der Waals surface area contributed by atoms with Crippen molar-refractivity contribution in [2.24, 2.45) is 0 Å². The van der Waals surface area contributed by atoms with E-state index in [2.05, 4.69) is 15.9 Å². The van der Waals surface area contributed by atoms with Gasteiger partial charge in [0.05, 0.1) is 12.7 Å². The summed E-state index contributed by atoms with van der Waals surface area (Å²) in [5.41, 5.74) is 1.15. The number of ether oxygens (including phenoxy) is 2. The third-order valence-corrected chi connectivity index (χ3v) is 4.95. The average molecular weight is 436 g/mol. The fourth-order valence-electron chi connectivity index (χ4n) is 2.68. The number of nitrogens with zero attached hydrogens (tertiary/aromatic N) is 1. The van der Waals surface area contributed by atoms with Gasteiger partial charge in [0.2, 0.25) is 0 Å². The molecule has 1 fully saturated rings. The van der Waals surface area contributed by atoms with E-state index in [1.54, 1.807) is 12.0 Å². The number of carbonyl (C=O) groups is 2. The SMILES string of the molecule is COc1ccc(CN(C(=O)COC(=O)c2ccc(F)cc2Br)C2CC2)cc1. The van der Waals surface area contributed by atoms with Crippen LogP contribution < -0.4 is 4.74 Å². The van der Waals surface area contributed by atoms with Crippen molar-refractivity contribution < 1.29 is 23.5 Å². The van der Waals surface area contributed by atoms with Crippen LogP contribution in [-0.2, 0) is 16.1 Å². The van der Waals surface area contributed by atoms with Crippen molar-refractivity contribution >= 4 is 27.8 Å². The quantitative estimate of drug-likeness (QED) is 0.617. The van der Waals surface area contributed by atoms with Crippen LogP contribution in [0.5, 0.6) is 5.75 Å². The van der Waals surface area contributed by atoms with Gasteiger partial charge in [-0.3, -0.25) is 4.79 Å². The van der Waals surface area contributed by atoms with Crippen LogP contribution in [0.25, 0.3) is 0 Å². The van der Waals surface area contributed by atoms with Crippen LogP contribution in [-0.4, -0.2) is 36.5 Å². The van der Waals surface area contributed by atoms with E-state index in [0.29, 0.717) is 6.54 Å². The highest BCUT2D eigenvalue weighted by Crippen LogP contribution is 2.29. The molecule has 1 aliphatic carbocycles. The van der Waals surface area contributed by atoms with Gasteiger partial charge in [-0.15, -0.1) is 0 Å². The first-order chi connectivity index (χ1) is 13.0. The van der Waals surface area contributed by atoms with Crippen molar-refractivity contribution in [2.75, 3.05) is 13.7 Å². The normalized spacial score (nSPS) is 13.1. The number of benzene rings is 2. The van der Waals surface area contributed by atoms with Gasteiger partial charge < -0.3 is 14.4 Å². The summed E-state index contributed by atoms with van der Waals surface area (Å²) in [7, 11) is 1.60. The number of esters is 1. The molecule has 7 heteroatoms. The molecule has 0 aromatic heterocycles. The van der Waals surface area contributed by atoms with Crippen LogP contribution >= 0.6 is 15.9 Å².